The number of benzene rings is 2. The second kappa shape index (κ2) is 14.5. The van der Waals surface area contributed by atoms with Crippen molar-refractivity contribution in [2.24, 2.45) is 0 Å². The molecule has 0 radical (unpaired) electrons. The number of hydrogen-bond acceptors (Lipinski definition) is 8. The molecule has 2 aromatic carbocycles. The minimum absolute atomic E-state index is 0.277. The molecule has 0 saturated heterocycles. The molecule has 6 N–H and O–H groups in total. The summed E-state index contributed by atoms with van der Waals surface area (Å²) in [6.07, 6.45) is 1.56. The maximum Gasteiger partial charge on any atom is 0.122 e. The van der Waals surface area contributed by atoms with E-state index in [0.29, 0.717) is 39.4 Å². The fourth-order valence-electron chi connectivity index (χ4n) is 3.71. The van der Waals surface area contributed by atoms with Crippen LogP contribution >= 0.6 is 0 Å². The highest BCUT2D eigenvalue weighted by atomic mass is 16.5. The molecule has 0 amide bonds. The molecule has 0 aliphatic rings. The van der Waals surface area contributed by atoms with Gasteiger partial charge >= 0.3 is 0 Å². The van der Waals surface area contributed by atoms with Crippen LogP contribution in [-0.4, -0.2) is 84.2 Å². The van der Waals surface area contributed by atoms with E-state index in [1.54, 1.807) is 13.8 Å². The second-order valence-corrected chi connectivity index (χ2v) is 9.93. The zero-order valence-electron chi connectivity index (χ0n) is 22.1. The molecule has 0 heterocycles. The van der Waals surface area contributed by atoms with Crippen molar-refractivity contribution in [2.75, 3.05) is 52.6 Å². The van der Waals surface area contributed by atoms with Gasteiger partial charge in [0.05, 0.1) is 37.6 Å². The summed E-state index contributed by atoms with van der Waals surface area (Å²) in [7, 11) is 0. The highest BCUT2D eigenvalue weighted by Gasteiger charge is 2.18. The standard InChI is InChI=1S/C28H44N2O6/c1-21-23(9-5-11-25(21)35-15-7-13-29-17-27(3,33)19-31)24-10-6-12-26(22(24)2)36-16-8-14-30-18-28(4,34)20-32/h5-6,9-12,29-34H,7-8,13-20H2,1-4H3. The molecule has 0 spiro atoms. The molecule has 202 valence electrons. The highest BCUT2D eigenvalue weighted by Crippen LogP contribution is 2.35. The van der Waals surface area contributed by atoms with Gasteiger partial charge in [-0.25, -0.2) is 0 Å². The first-order valence-corrected chi connectivity index (χ1v) is 12.6. The van der Waals surface area contributed by atoms with Gasteiger partial charge in [-0.2, -0.15) is 0 Å². The van der Waals surface area contributed by atoms with Gasteiger partial charge in [-0.15, -0.1) is 0 Å². The van der Waals surface area contributed by atoms with E-state index in [2.05, 4.69) is 36.6 Å². The molecule has 36 heavy (non-hydrogen) atoms. The summed E-state index contributed by atoms with van der Waals surface area (Å²) < 4.78 is 12.1. The van der Waals surface area contributed by atoms with Gasteiger partial charge in [0.25, 0.3) is 0 Å². The average Bonchev–Trinajstić information content (AvgIpc) is 2.85. The predicted octanol–water partition coefficient (Wildman–Crippen LogP) is 2.17. The van der Waals surface area contributed by atoms with E-state index in [4.69, 9.17) is 19.7 Å². The quantitative estimate of drug-likeness (QED) is 0.181. The van der Waals surface area contributed by atoms with Gasteiger partial charge < -0.3 is 40.5 Å². The predicted molar refractivity (Wildman–Crippen MR) is 143 cm³/mol. The Bertz CT molecular complexity index is 857. The molecule has 8 nitrogen and oxygen atoms in total. The fourth-order valence-corrected chi connectivity index (χ4v) is 3.71. The van der Waals surface area contributed by atoms with Crippen molar-refractivity contribution in [1.82, 2.24) is 10.6 Å². The Kier molecular flexibility index (Phi) is 12.1. The van der Waals surface area contributed by atoms with Crippen molar-refractivity contribution >= 4 is 0 Å². The van der Waals surface area contributed by atoms with Gasteiger partial charge in [-0.3, -0.25) is 0 Å². The van der Waals surface area contributed by atoms with Gasteiger partial charge in [0.15, 0.2) is 0 Å². The third kappa shape index (κ3) is 9.69. The van der Waals surface area contributed by atoms with Gasteiger partial charge in [0.2, 0.25) is 0 Å². The van der Waals surface area contributed by atoms with Crippen LogP contribution in [0.3, 0.4) is 0 Å². The number of aliphatic hydroxyl groups is 4. The molecule has 2 aromatic rings. The summed E-state index contributed by atoms with van der Waals surface area (Å²) in [5.41, 5.74) is 2.10. The van der Waals surface area contributed by atoms with Gasteiger partial charge in [-0.05, 0) is 88.0 Å². The Morgan fingerprint density at radius 1 is 0.694 bits per heavy atom. The number of nitrogens with one attached hydrogen (secondary N) is 2. The largest absolute Gasteiger partial charge is 0.493 e. The topological polar surface area (TPSA) is 123 Å². The summed E-state index contributed by atoms with van der Waals surface area (Å²) in [5.74, 6) is 1.68. The normalized spacial score (nSPS) is 14.8. The monoisotopic (exact) mass is 504 g/mol. The lowest BCUT2D eigenvalue weighted by atomic mass is 9.95. The van der Waals surface area contributed by atoms with E-state index in [-0.39, 0.29) is 13.2 Å². The van der Waals surface area contributed by atoms with E-state index in [1.165, 1.54) is 0 Å². The van der Waals surface area contributed by atoms with Crippen LogP contribution in [0, 0.1) is 13.8 Å². The zero-order chi connectivity index (χ0) is 26.6. The summed E-state index contributed by atoms with van der Waals surface area (Å²) in [6, 6.07) is 12.1. The Labute approximate surface area is 215 Å². The number of ether oxygens (including phenoxy) is 2. The summed E-state index contributed by atoms with van der Waals surface area (Å²) in [6.45, 7) is 9.87. The Morgan fingerprint density at radius 3 is 1.44 bits per heavy atom. The molecule has 0 aromatic heterocycles. The molecular formula is C28H44N2O6. The lowest BCUT2D eigenvalue weighted by Crippen LogP contribution is -2.41. The smallest absolute Gasteiger partial charge is 0.122 e. The van der Waals surface area contributed by atoms with Crippen molar-refractivity contribution in [1.29, 1.82) is 0 Å². The summed E-state index contributed by atoms with van der Waals surface area (Å²) in [4.78, 5) is 0. The van der Waals surface area contributed by atoms with Crippen molar-refractivity contribution in [3.05, 3.63) is 47.5 Å². The van der Waals surface area contributed by atoms with Crippen LogP contribution in [0.1, 0.15) is 37.8 Å². The zero-order valence-corrected chi connectivity index (χ0v) is 22.1. The van der Waals surface area contributed by atoms with Gasteiger partial charge in [0.1, 0.15) is 11.5 Å². The van der Waals surface area contributed by atoms with Crippen molar-refractivity contribution in [2.45, 2.75) is 51.7 Å². The minimum Gasteiger partial charge on any atom is -0.493 e. The lowest BCUT2D eigenvalue weighted by molar-refractivity contribution is 0.00261. The third-order valence-corrected chi connectivity index (χ3v) is 6.06. The molecule has 0 saturated carbocycles. The Balaban J connectivity index is 1.90. The molecule has 2 atom stereocenters. The number of rotatable bonds is 17. The Hall–Kier alpha value is -2.20. The van der Waals surface area contributed by atoms with Gasteiger partial charge in [0, 0.05) is 13.1 Å². The van der Waals surface area contributed by atoms with Crippen LogP contribution in [0.4, 0.5) is 0 Å². The molecule has 2 rings (SSSR count). The van der Waals surface area contributed by atoms with Crippen LogP contribution in [0.15, 0.2) is 36.4 Å². The highest BCUT2D eigenvalue weighted by molar-refractivity contribution is 5.74. The molecule has 0 bridgehead atoms. The number of hydrogen-bond donors (Lipinski definition) is 6. The van der Waals surface area contributed by atoms with Crippen LogP contribution in [-0.2, 0) is 0 Å². The SMILES string of the molecule is Cc1c(OCCCNCC(C)(O)CO)cccc1-c1cccc(OCCCNCC(C)(O)CO)c1C. The van der Waals surface area contributed by atoms with Crippen molar-refractivity contribution in [3.8, 4) is 22.6 Å². The van der Waals surface area contributed by atoms with E-state index in [1.807, 2.05) is 24.3 Å². The van der Waals surface area contributed by atoms with E-state index >= 15 is 0 Å². The first-order valence-electron chi connectivity index (χ1n) is 12.6. The molecule has 2 unspecified atom stereocenters. The average molecular weight is 505 g/mol. The first kappa shape index (κ1) is 30.0. The fraction of sp³-hybridized carbons (Fsp3) is 0.571. The molecule has 0 aliphatic heterocycles. The minimum atomic E-state index is -1.11. The van der Waals surface area contributed by atoms with Crippen molar-refractivity contribution < 1.29 is 29.9 Å². The summed E-state index contributed by atoms with van der Waals surface area (Å²) >= 11 is 0. The van der Waals surface area contributed by atoms with Gasteiger partial charge in [-0.1, -0.05) is 24.3 Å². The second-order valence-electron chi connectivity index (χ2n) is 9.93. The summed E-state index contributed by atoms with van der Waals surface area (Å²) in [5, 5.41) is 44.1. The maximum atomic E-state index is 9.82. The molecule has 0 aliphatic carbocycles. The lowest BCUT2D eigenvalue weighted by Gasteiger charge is -2.21. The Morgan fingerprint density at radius 2 is 1.08 bits per heavy atom. The van der Waals surface area contributed by atoms with E-state index in [0.717, 1.165) is 46.6 Å². The van der Waals surface area contributed by atoms with Crippen LogP contribution in [0.25, 0.3) is 11.1 Å². The molecule has 0 fully saturated rings. The van der Waals surface area contributed by atoms with Crippen LogP contribution in [0.5, 0.6) is 11.5 Å². The first-order chi connectivity index (χ1) is 17.1. The molecule has 8 heteroatoms. The maximum absolute atomic E-state index is 9.82. The van der Waals surface area contributed by atoms with Crippen LogP contribution in [0.2, 0.25) is 0 Å². The third-order valence-electron chi connectivity index (χ3n) is 6.06. The van der Waals surface area contributed by atoms with E-state index in [9.17, 15) is 10.2 Å². The number of aliphatic hydroxyl groups excluding tert-OH is 2. The van der Waals surface area contributed by atoms with E-state index < -0.39 is 11.2 Å². The van der Waals surface area contributed by atoms with Crippen molar-refractivity contribution in [3.63, 3.8) is 0 Å². The molecular weight excluding hydrogens is 460 g/mol. The van der Waals surface area contributed by atoms with Crippen LogP contribution < -0.4 is 20.1 Å².